The van der Waals surface area contributed by atoms with E-state index in [9.17, 15) is 9.59 Å². The van der Waals surface area contributed by atoms with E-state index in [1.807, 2.05) is 31.2 Å². The molecule has 0 aliphatic rings. The fourth-order valence-corrected chi connectivity index (χ4v) is 4.12. The molecule has 0 saturated heterocycles. The third-order valence-corrected chi connectivity index (χ3v) is 5.73. The molecule has 0 aliphatic heterocycles. The van der Waals surface area contributed by atoms with Gasteiger partial charge in [0.25, 0.3) is 11.8 Å². The summed E-state index contributed by atoms with van der Waals surface area (Å²) in [7, 11) is 1.54. The Bertz CT molecular complexity index is 1100. The zero-order chi connectivity index (χ0) is 21.5. The van der Waals surface area contributed by atoms with Crippen LogP contribution in [0.2, 0.25) is 5.02 Å². The zero-order valence-corrected chi connectivity index (χ0v) is 18.0. The number of rotatable bonds is 8. The van der Waals surface area contributed by atoms with Crippen LogP contribution >= 0.6 is 22.9 Å². The second kappa shape index (κ2) is 10.1. The molecule has 0 aliphatic carbocycles. The highest BCUT2D eigenvalue weighted by molar-refractivity contribution is 7.21. The number of methoxy groups -OCH3 is 1. The molecule has 9 heteroatoms. The van der Waals surface area contributed by atoms with Crippen molar-refractivity contribution in [2.24, 2.45) is 5.10 Å². The van der Waals surface area contributed by atoms with Gasteiger partial charge in [-0.2, -0.15) is 5.10 Å². The molecule has 0 atom stereocenters. The molecule has 30 heavy (non-hydrogen) atoms. The lowest BCUT2D eigenvalue weighted by atomic mass is 10.2. The monoisotopic (exact) mass is 445 g/mol. The summed E-state index contributed by atoms with van der Waals surface area (Å²) in [6.45, 7) is 2.18. The van der Waals surface area contributed by atoms with E-state index in [1.165, 1.54) is 17.6 Å². The van der Waals surface area contributed by atoms with Crippen molar-refractivity contribution in [2.45, 2.75) is 6.92 Å². The van der Waals surface area contributed by atoms with Gasteiger partial charge in [0, 0.05) is 15.6 Å². The summed E-state index contributed by atoms with van der Waals surface area (Å²) < 4.78 is 11.6. The first kappa shape index (κ1) is 21.6. The number of carbonyl (C=O) groups is 2. The van der Waals surface area contributed by atoms with Gasteiger partial charge in [-0.15, -0.1) is 11.3 Å². The van der Waals surface area contributed by atoms with Crippen LogP contribution in [0, 0.1) is 0 Å². The van der Waals surface area contributed by atoms with E-state index in [0.29, 0.717) is 33.6 Å². The molecule has 156 valence electrons. The molecular formula is C21H20ClN3O4S. The van der Waals surface area contributed by atoms with E-state index in [4.69, 9.17) is 21.1 Å². The largest absolute Gasteiger partial charge is 0.496 e. The number of amides is 2. The van der Waals surface area contributed by atoms with Crippen molar-refractivity contribution in [3.05, 3.63) is 57.9 Å². The van der Waals surface area contributed by atoms with E-state index < -0.39 is 11.8 Å². The van der Waals surface area contributed by atoms with Gasteiger partial charge < -0.3 is 14.8 Å². The normalized spacial score (nSPS) is 10.9. The summed E-state index contributed by atoms with van der Waals surface area (Å²) in [5.74, 6) is 0.367. The fraction of sp³-hybridized carbons (Fsp3) is 0.190. The van der Waals surface area contributed by atoms with Crippen LogP contribution in [0.15, 0.2) is 47.6 Å². The lowest BCUT2D eigenvalue weighted by Gasteiger charge is -2.08. The van der Waals surface area contributed by atoms with Crippen LogP contribution in [-0.2, 0) is 4.79 Å². The SMILES string of the molecule is CCOc1ccc(OC)c(/C=N\NC(=O)CNC(=O)c2sc3ccccc3c2Cl)c1. The van der Waals surface area contributed by atoms with Crippen LogP contribution in [0.4, 0.5) is 0 Å². The molecular weight excluding hydrogens is 426 g/mol. The number of nitrogens with zero attached hydrogens (tertiary/aromatic N) is 1. The van der Waals surface area contributed by atoms with Gasteiger partial charge in [-0.3, -0.25) is 9.59 Å². The lowest BCUT2D eigenvalue weighted by molar-refractivity contribution is -0.120. The molecule has 2 aromatic carbocycles. The van der Waals surface area contributed by atoms with E-state index >= 15 is 0 Å². The minimum Gasteiger partial charge on any atom is -0.496 e. The Morgan fingerprint density at radius 3 is 2.77 bits per heavy atom. The van der Waals surface area contributed by atoms with Gasteiger partial charge >= 0.3 is 0 Å². The van der Waals surface area contributed by atoms with Crippen LogP contribution in [-0.4, -0.2) is 38.3 Å². The van der Waals surface area contributed by atoms with Gasteiger partial charge in [0.2, 0.25) is 0 Å². The molecule has 0 spiro atoms. The van der Waals surface area contributed by atoms with Crippen molar-refractivity contribution in [3.63, 3.8) is 0 Å². The molecule has 1 aromatic heterocycles. The predicted molar refractivity (Wildman–Crippen MR) is 119 cm³/mol. The predicted octanol–water partition coefficient (Wildman–Crippen LogP) is 3.84. The van der Waals surface area contributed by atoms with Gasteiger partial charge in [0.15, 0.2) is 0 Å². The Kier molecular flexibility index (Phi) is 7.26. The minimum absolute atomic E-state index is 0.239. The Hall–Kier alpha value is -3.10. The summed E-state index contributed by atoms with van der Waals surface area (Å²) >= 11 is 7.56. The van der Waals surface area contributed by atoms with Crippen LogP contribution in [0.25, 0.3) is 10.1 Å². The number of nitrogens with one attached hydrogen (secondary N) is 2. The summed E-state index contributed by atoms with van der Waals surface area (Å²) in [5.41, 5.74) is 3.02. The van der Waals surface area contributed by atoms with Crippen LogP contribution in [0.1, 0.15) is 22.2 Å². The first-order chi connectivity index (χ1) is 14.5. The zero-order valence-electron chi connectivity index (χ0n) is 16.4. The second-order valence-electron chi connectivity index (χ2n) is 6.05. The molecule has 0 radical (unpaired) electrons. The molecule has 7 nitrogen and oxygen atoms in total. The van der Waals surface area contributed by atoms with Gasteiger partial charge in [-0.1, -0.05) is 29.8 Å². The number of hydrogen-bond acceptors (Lipinski definition) is 6. The molecule has 0 bridgehead atoms. The highest BCUT2D eigenvalue weighted by atomic mass is 35.5. The molecule has 2 N–H and O–H groups in total. The number of hydrogen-bond donors (Lipinski definition) is 2. The van der Waals surface area contributed by atoms with Crippen molar-refractivity contribution >= 4 is 51.1 Å². The first-order valence-electron chi connectivity index (χ1n) is 9.11. The minimum atomic E-state index is -0.475. The van der Waals surface area contributed by atoms with E-state index in [-0.39, 0.29) is 6.54 Å². The van der Waals surface area contributed by atoms with E-state index in [2.05, 4.69) is 15.8 Å². The molecule has 0 fully saturated rings. The number of hydrazone groups is 1. The van der Waals surface area contributed by atoms with E-state index in [0.717, 1.165) is 10.1 Å². The maximum atomic E-state index is 12.4. The summed E-state index contributed by atoms with van der Waals surface area (Å²) in [6.07, 6.45) is 1.45. The molecule has 0 unspecified atom stereocenters. The molecule has 3 rings (SSSR count). The smallest absolute Gasteiger partial charge is 0.263 e. The molecule has 0 saturated carbocycles. The fourth-order valence-electron chi connectivity index (χ4n) is 2.68. The number of carbonyl (C=O) groups excluding carboxylic acids is 2. The Balaban J connectivity index is 1.57. The van der Waals surface area contributed by atoms with Crippen LogP contribution in [0.5, 0.6) is 11.5 Å². The maximum Gasteiger partial charge on any atom is 0.263 e. The summed E-state index contributed by atoms with van der Waals surface area (Å²) in [5, 5.41) is 7.67. The third kappa shape index (κ3) is 5.08. The number of thiophene rings is 1. The van der Waals surface area contributed by atoms with Crippen molar-refractivity contribution in [3.8, 4) is 11.5 Å². The summed E-state index contributed by atoms with van der Waals surface area (Å²) in [6, 6.07) is 12.8. The summed E-state index contributed by atoms with van der Waals surface area (Å²) in [4.78, 5) is 24.8. The van der Waals surface area contributed by atoms with Crippen molar-refractivity contribution in [2.75, 3.05) is 20.3 Å². The van der Waals surface area contributed by atoms with Crippen molar-refractivity contribution < 1.29 is 19.1 Å². The molecule has 1 heterocycles. The van der Waals surface area contributed by atoms with Crippen LogP contribution < -0.4 is 20.2 Å². The Labute approximate surface area is 182 Å². The van der Waals surface area contributed by atoms with Gasteiger partial charge in [0.05, 0.1) is 31.5 Å². The maximum absolute atomic E-state index is 12.4. The lowest BCUT2D eigenvalue weighted by Crippen LogP contribution is -2.34. The molecule has 2 amide bonds. The number of fused-ring (bicyclic) bond motifs is 1. The average Bonchev–Trinajstić information content (AvgIpc) is 3.09. The van der Waals surface area contributed by atoms with Gasteiger partial charge in [0.1, 0.15) is 16.4 Å². The van der Waals surface area contributed by atoms with Crippen molar-refractivity contribution in [1.82, 2.24) is 10.7 Å². The first-order valence-corrected chi connectivity index (χ1v) is 10.3. The number of ether oxygens (including phenoxy) is 2. The quantitative estimate of drug-likeness (QED) is 0.407. The Morgan fingerprint density at radius 2 is 2.03 bits per heavy atom. The average molecular weight is 446 g/mol. The highest BCUT2D eigenvalue weighted by Crippen LogP contribution is 2.34. The highest BCUT2D eigenvalue weighted by Gasteiger charge is 2.17. The van der Waals surface area contributed by atoms with Crippen molar-refractivity contribution in [1.29, 1.82) is 0 Å². The van der Waals surface area contributed by atoms with E-state index in [1.54, 1.807) is 25.3 Å². The topological polar surface area (TPSA) is 89.0 Å². The standard InChI is InChI=1S/C21H20ClN3O4S/c1-3-29-14-8-9-16(28-2)13(10-14)11-24-25-18(26)12-23-21(27)20-19(22)15-6-4-5-7-17(15)30-20/h4-11H,3,12H2,1-2H3,(H,23,27)(H,25,26)/b24-11-. The molecule has 3 aromatic rings. The van der Waals surface area contributed by atoms with Crippen LogP contribution in [0.3, 0.4) is 0 Å². The van der Waals surface area contributed by atoms with Gasteiger partial charge in [-0.25, -0.2) is 5.43 Å². The van der Waals surface area contributed by atoms with Gasteiger partial charge in [-0.05, 0) is 31.2 Å². The Morgan fingerprint density at radius 1 is 1.23 bits per heavy atom. The number of halogens is 1. The second-order valence-corrected chi connectivity index (χ2v) is 7.48. The number of benzene rings is 2. The third-order valence-electron chi connectivity index (χ3n) is 4.06.